The molecule has 0 aliphatic carbocycles. The molecule has 0 saturated carbocycles. The summed E-state index contributed by atoms with van der Waals surface area (Å²) in [4.78, 5) is 13.0. The van der Waals surface area contributed by atoms with Gasteiger partial charge in [0.25, 0.3) is 0 Å². The zero-order valence-corrected chi connectivity index (χ0v) is 18.7. The van der Waals surface area contributed by atoms with Gasteiger partial charge in [-0.25, -0.2) is 0 Å². The second-order valence-corrected chi connectivity index (χ2v) is 5.99. The maximum atomic E-state index is 10.2. The molecule has 0 aliphatic heterocycles. The predicted octanol–water partition coefficient (Wildman–Crippen LogP) is -1.19. The summed E-state index contributed by atoms with van der Waals surface area (Å²) >= 11 is 0. The van der Waals surface area contributed by atoms with E-state index in [1.54, 1.807) is 0 Å². The lowest BCUT2D eigenvalue weighted by Crippen LogP contribution is -2.24. The number of aliphatic carboxylic acids is 1. The maximum absolute atomic E-state index is 10.2. The van der Waals surface area contributed by atoms with E-state index in [0.717, 1.165) is 0 Å². The Labute approximate surface area is 188 Å². The minimum absolute atomic E-state index is 0.111. The normalized spacial score (nSPS) is 10.9. The van der Waals surface area contributed by atoms with Crippen molar-refractivity contribution >= 4 is 5.97 Å². The highest BCUT2D eigenvalue weighted by molar-refractivity contribution is 5.64. The van der Waals surface area contributed by atoms with E-state index in [1.807, 2.05) is 0 Å². The fourth-order valence-electron chi connectivity index (χ4n) is 1.95. The summed E-state index contributed by atoms with van der Waals surface area (Å²) in [6.07, 6.45) is -0.111. The van der Waals surface area contributed by atoms with Crippen LogP contribution < -0.4 is 10.0 Å². The number of nitrogens with one attached hydrogen (secondary N) is 1. The third-order valence-electron chi connectivity index (χ3n) is 3.46. The number of carboxylic acids is 1. The van der Waals surface area contributed by atoms with Crippen LogP contribution in [0.5, 0.6) is 0 Å². The quantitative estimate of drug-likeness (QED) is 0.0882. The molecule has 0 atom stereocenters. The van der Waals surface area contributed by atoms with E-state index in [-0.39, 0.29) is 13.0 Å². The molecule has 188 valence electrons. The van der Waals surface area contributed by atoms with Gasteiger partial charge in [-0.3, -0.25) is 0 Å². The smallest absolute Gasteiger partial charge is 0.214 e. The number of rotatable bonds is 27. The Balaban J connectivity index is 3.02. The molecular weight excluding hydrogens is 430 g/mol. The maximum Gasteiger partial charge on any atom is 0.214 e. The van der Waals surface area contributed by atoms with Crippen molar-refractivity contribution in [3.8, 4) is 0 Å². The Hall–Kier alpha value is -1.54. The molecule has 0 aromatic carbocycles. The molecule has 0 unspecified atom stereocenters. The number of hydrogen-bond acceptors (Lipinski definition) is 12. The van der Waals surface area contributed by atoms with Crippen LogP contribution in [0.3, 0.4) is 0 Å². The van der Waals surface area contributed by atoms with Crippen molar-refractivity contribution in [1.29, 1.82) is 5.53 Å². The van der Waals surface area contributed by atoms with Gasteiger partial charge in [0.05, 0.1) is 106 Å². The third kappa shape index (κ3) is 28.5. The Bertz CT molecular complexity index is 427. The summed E-state index contributed by atoms with van der Waals surface area (Å²) in [6.45, 7) is 7.38. The highest BCUT2D eigenvalue weighted by Crippen LogP contribution is 1.86. The zero-order valence-electron chi connectivity index (χ0n) is 18.7. The van der Waals surface area contributed by atoms with Crippen molar-refractivity contribution in [1.82, 2.24) is 4.91 Å². The molecule has 13 nitrogen and oxygen atoms in total. The Morgan fingerprint density at radius 1 is 0.562 bits per heavy atom. The SMILES string of the molecule is N=[N+]=NCCOCCOCCOCCOCCOCCOCCOCCOCCC(=O)[O-]. The van der Waals surface area contributed by atoms with E-state index in [2.05, 4.69) is 10.0 Å². The van der Waals surface area contributed by atoms with Gasteiger partial charge in [0.15, 0.2) is 0 Å². The van der Waals surface area contributed by atoms with E-state index in [1.165, 1.54) is 0 Å². The summed E-state index contributed by atoms with van der Waals surface area (Å²) in [7, 11) is 0. The van der Waals surface area contributed by atoms with Crippen LogP contribution in [-0.2, 0) is 42.7 Å². The standard InChI is InChI=1S/C19H37N3O10/c20-22-21-2-4-26-6-8-28-10-12-30-14-16-32-18-17-31-15-13-29-11-9-27-7-5-25-3-1-19(23)24/h20H,1-18H2. The number of hydrogen-bond donors (Lipinski definition) is 1. The van der Waals surface area contributed by atoms with E-state index >= 15 is 0 Å². The summed E-state index contributed by atoms with van der Waals surface area (Å²) in [5.41, 5.74) is 6.48. The summed E-state index contributed by atoms with van der Waals surface area (Å²) in [5, 5.41) is 13.6. The first kappa shape index (κ1) is 30.5. The van der Waals surface area contributed by atoms with Crippen molar-refractivity contribution in [3.05, 3.63) is 0 Å². The molecule has 0 fully saturated rings. The van der Waals surface area contributed by atoms with Gasteiger partial charge in [0, 0.05) is 12.4 Å². The molecule has 0 bridgehead atoms. The molecule has 0 aromatic rings. The minimum atomic E-state index is -1.12. The summed E-state index contributed by atoms with van der Waals surface area (Å²) in [6, 6.07) is 0. The molecule has 0 radical (unpaired) electrons. The predicted molar refractivity (Wildman–Crippen MR) is 108 cm³/mol. The summed E-state index contributed by atoms with van der Waals surface area (Å²) in [5.74, 6) is -1.12. The van der Waals surface area contributed by atoms with Gasteiger partial charge >= 0.3 is 0 Å². The van der Waals surface area contributed by atoms with Crippen molar-refractivity contribution in [3.63, 3.8) is 0 Å². The molecule has 0 saturated heterocycles. The van der Waals surface area contributed by atoms with Gasteiger partial charge in [0.1, 0.15) is 17.2 Å². The number of carbonyl (C=O) groups excluding carboxylic acids is 1. The molecule has 0 spiro atoms. The molecule has 0 heterocycles. The monoisotopic (exact) mass is 467 g/mol. The van der Waals surface area contributed by atoms with Crippen LogP contribution in [0.2, 0.25) is 0 Å². The van der Waals surface area contributed by atoms with Crippen LogP contribution in [0.4, 0.5) is 0 Å². The average molecular weight is 468 g/mol. The number of ether oxygens (including phenoxy) is 8. The van der Waals surface area contributed by atoms with Crippen molar-refractivity contribution in [2.45, 2.75) is 6.42 Å². The van der Waals surface area contributed by atoms with E-state index in [4.69, 9.17) is 43.4 Å². The van der Waals surface area contributed by atoms with E-state index < -0.39 is 5.97 Å². The minimum Gasteiger partial charge on any atom is -0.550 e. The van der Waals surface area contributed by atoms with Crippen LogP contribution >= 0.6 is 0 Å². The molecule has 0 amide bonds. The fraction of sp³-hybridized carbons (Fsp3) is 0.947. The first-order chi connectivity index (χ1) is 15.8. The lowest BCUT2D eigenvalue weighted by atomic mass is 10.5. The zero-order chi connectivity index (χ0) is 23.4. The second-order valence-electron chi connectivity index (χ2n) is 5.99. The highest BCUT2D eigenvalue weighted by Gasteiger charge is 1.95. The first-order valence-electron chi connectivity index (χ1n) is 10.6. The molecule has 13 heteroatoms. The summed E-state index contributed by atoms with van der Waals surface area (Å²) < 4.78 is 42.4. The van der Waals surface area contributed by atoms with Crippen LogP contribution in [0, 0.1) is 5.53 Å². The Kier molecular flexibility index (Phi) is 26.2. The van der Waals surface area contributed by atoms with Gasteiger partial charge in [-0.15, -0.1) is 0 Å². The van der Waals surface area contributed by atoms with Crippen LogP contribution in [-0.4, -0.2) is 118 Å². The molecule has 1 N–H and O–H groups in total. The topological polar surface area (TPSA) is 164 Å². The molecular formula is C19H37N3O10. The van der Waals surface area contributed by atoms with Crippen molar-refractivity contribution in [2.24, 2.45) is 5.11 Å². The molecule has 0 aromatic heterocycles. The average Bonchev–Trinajstić information content (AvgIpc) is 2.78. The van der Waals surface area contributed by atoms with Crippen LogP contribution in [0.25, 0.3) is 0 Å². The van der Waals surface area contributed by atoms with Crippen LogP contribution in [0.15, 0.2) is 5.11 Å². The van der Waals surface area contributed by atoms with Crippen LogP contribution in [0.1, 0.15) is 6.42 Å². The molecule has 0 aliphatic rings. The van der Waals surface area contributed by atoms with E-state index in [0.29, 0.717) is 106 Å². The largest absolute Gasteiger partial charge is 0.550 e. The lowest BCUT2D eigenvalue weighted by Gasteiger charge is -2.08. The first-order valence-corrected chi connectivity index (χ1v) is 10.6. The second kappa shape index (κ2) is 27.5. The van der Waals surface area contributed by atoms with Gasteiger partial charge < -0.3 is 47.8 Å². The van der Waals surface area contributed by atoms with Gasteiger partial charge in [-0.05, 0) is 0 Å². The van der Waals surface area contributed by atoms with E-state index in [9.17, 15) is 9.90 Å². The number of carboxylic acid groups (broad SMARTS) is 1. The highest BCUT2D eigenvalue weighted by atomic mass is 16.6. The lowest BCUT2D eigenvalue weighted by molar-refractivity contribution is -0.306. The van der Waals surface area contributed by atoms with Gasteiger partial charge in [-0.2, -0.15) is 0 Å². The third-order valence-corrected chi connectivity index (χ3v) is 3.46. The van der Waals surface area contributed by atoms with Crippen molar-refractivity contribution in [2.75, 3.05) is 112 Å². The Morgan fingerprint density at radius 2 is 0.844 bits per heavy atom. The number of carbonyl (C=O) groups is 1. The Morgan fingerprint density at radius 3 is 1.12 bits per heavy atom. The van der Waals surface area contributed by atoms with Gasteiger partial charge in [-0.1, -0.05) is 0 Å². The van der Waals surface area contributed by atoms with Crippen molar-refractivity contribution < 1.29 is 47.8 Å². The molecule has 0 rings (SSSR count). The van der Waals surface area contributed by atoms with Gasteiger partial charge in [0.2, 0.25) is 4.91 Å². The molecule has 32 heavy (non-hydrogen) atoms. The fourth-order valence-corrected chi connectivity index (χ4v) is 1.95. The number of nitrogens with zero attached hydrogens (tertiary/aromatic N) is 2.